The number of ketones is 1. The van der Waals surface area contributed by atoms with Crippen LogP contribution < -0.4 is 0 Å². The quantitative estimate of drug-likeness (QED) is 0.622. The first kappa shape index (κ1) is 16.2. The SMILES string of the molecule is CCC12CCC3C4CCC(C)CC4CCC3C1CCC2C(C)=O. The van der Waals surface area contributed by atoms with E-state index in [2.05, 4.69) is 13.8 Å². The van der Waals surface area contributed by atoms with E-state index in [4.69, 9.17) is 0 Å². The molecule has 0 aromatic carbocycles. The zero-order valence-corrected chi connectivity index (χ0v) is 15.5. The van der Waals surface area contributed by atoms with Gasteiger partial charge in [0, 0.05) is 5.92 Å². The van der Waals surface area contributed by atoms with Crippen molar-refractivity contribution >= 4 is 5.78 Å². The van der Waals surface area contributed by atoms with Gasteiger partial charge >= 0.3 is 0 Å². The smallest absolute Gasteiger partial charge is 0.133 e. The molecule has 1 nitrogen and oxygen atoms in total. The number of fused-ring (bicyclic) bond motifs is 5. The summed E-state index contributed by atoms with van der Waals surface area (Å²) in [5.74, 6) is 6.78. The monoisotopic (exact) mass is 316 g/mol. The molecule has 4 aliphatic carbocycles. The van der Waals surface area contributed by atoms with Gasteiger partial charge in [0.1, 0.15) is 5.78 Å². The predicted octanol–water partition coefficient (Wildman–Crippen LogP) is 5.87. The van der Waals surface area contributed by atoms with Crippen LogP contribution in [0.5, 0.6) is 0 Å². The molecule has 4 rings (SSSR count). The Hall–Kier alpha value is -0.330. The Morgan fingerprint density at radius 1 is 0.957 bits per heavy atom. The van der Waals surface area contributed by atoms with E-state index in [1.165, 1.54) is 64.2 Å². The van der Waals surface area contributed by atoms with Crippen LogP contribution in [0, 0.1) is 46.8 Å². The molecule has 130 valence electrons. The Morgan fingerprint density at radius 2 is 1.74 bits per heavy atom. The van der Waals surface area contributed by atoms with Crippen molar-refractivity contribution in [1.29, 1.82) is 0 Å². The van der Waals surface area contributed by atoms with Gasteiger partial charge in [-0.1, -0.05) is 20.3 Å². The van der Waals surface area contributed by atoms with Crippen LogP contribution >= 0.6 is 0 Å². The Morgan fingerprint density at radius 3 is 2.48 bits per heavy atom. The van der Waals surface area contributed by atoms with Crippen molar-refractivity contribution in [3.63, 3.8) is 0 Å². The third-order valence-electron chi connectivity index (χ3n) is 9.08. The van der Waals surface area contributed by atoms with Gasteiger partial charge in [0.2, 0.25) is 0 Å². The maximum atomic E-state index is 12.3. The molecule has 1 heteroatoms. The molecule has 0 saturated heterocycles. The fourth-order valence-electron chi connectivity index (χ4n) is 8.19. The van der Waals surface area contributed by atoms with E-state index < -0.39 is 0 Å². The molecule has 4 aliphatic rings. The highest BCUT2D eigenvalue weighted by molar-refractivity contribution is 5.79. The number of hydrogen-bond acceptors (Lipinski definition) is 1. The summed E-state index contributed by atoms with van der Waals surface area (Å²) in [4.78, 5) is 12.3. The summed E-state index contributed by atoms with van der Waals surface area (Å²) >= 11 is 0. The summed E-state index contributed by atoms with van der Waals surface area (Å²) in [6, 6.07) is 0. The largest absolute Gasteiger partial charge is 0.300 e. The number of hydrogen-bond donors (Lipinski definition) is 0. The first-order valence-electron chi connectivity index (χ1n) is 10.6. The van der Waals surface area contributed by atoms with Crippen LogP contribution in [0.3, 0.4) is 0 Å². The topological polar surface area (TPSA) is 17.1 Å². The Kier molecular flexibility index (Phi) is 4.13. The zero-order valence-electron chi connectivity index (χ0n) is 15.5. The van der Waals surface area contributed by atoms with Gasteiger partial charge in [0.15, 0.2) is 0 Å². The normalized spacial score (nSPS) is 52.4. The summed E-state index contributed by atoms with van der Waals surface area (Å²) in [6.07, 6.45) is 14.1. The third-order valence-corrected chi connectivity index (χ3v) is 9.08. The van der Waals surface area contributed by atoms with Crippen molar-refractivity contribution in [2.45, 2.75) is 85.0 Å². The van der Waals surface area contributed by atoms with Gasteiger partial charge < -0.3 is 0 Å². The van der Waals surface area contributed by atoms with E-state index in [0.29, 0.717) is 17.1 Å². The van der Waals surface area contributed by atoms with Crippen molar-refractivity contribution in [3.8, 4) is 0 Å². The van der Waals surface area contributed by atoms with Gasteiger partial charge in [-0.2, -0.15) is 0 Å². The number of rotatable bonds is 2. The van der Waals surface area contributed by atoms with Crippen molar-refractivity contribution < 1.29 is 4.79 Å². The highest BCUT2D eigenvalue weighted by Gasteiger charge is 2.58. The molecule has 23 heavy (non-hydrogen) atoms. The van der Waals surface area contributed by atoms with Crippen LogP contribution in [-0.4, -0.2) is 5.78 Å². The lowest BCUT2D eigenvalue weighted by Crippen LogP contribution is -2.50. The number of Topliss-reactive ketones (excluding diaryl/α,β-unsaturated/α-hetero) is 1. The predicted molar refractivity (Wildman–Crippen MR) is 95.1 cm³/mol. The van der Waals surface area contributed by atoms with Gasteiger partial charge in [0.25, 0.3) is 0 Å². The molecule has 0 spiro atoms. The fourth-order valence-corrected chi connectivity index (χ4v) is 8.19. The minimum absolute atomic E-state index is 0.391. The second-order valence-corrected chi connectivity index (χ2v) is 9.72. The average molecular weight is 317 g/mol. The molecule has 0 aromatic heterocycles. The number of carbonyl (C=O) groups excluding carboxylic acids is 1. The molecular formula is C22H36O. The molecular weight excluding hydrogens is 280 g/mol. The van der Waals surface area contributed by atoms with E-state index in [0.717, 1.165) is 35.5 Å². The molecule has 8 atom stereocenters. The zero-order chi connectivity index (χ0) is 16.2. The molecule has 0 bridgehead atoms. The van der Waals surface area contributed by atoms with Crippen LogP contribution in [0.4, 0.5) is 0 Å². The molecule has 0 aromatic rings. The van der Waals surface area contributed by atoms with Crippen molar-refractivity contribution in [2.75, 3.05) is 0 Å². The van der Waals surface area contributed by atoms with Crippen LogP contribution in [0.1, 0.15) is 85.0 Å². The number of carbonyl (C=O) groups is 1. The highest BCUT2D eigenvalue weighted by atomic mass is 16.1. The van der Waals surface area contributed by atoms with Crippen molar-refractivity contribution in [1.82, 2.24) is 0 Å². The van der Waals surface area contributed by atoms with Crippen LogP contribution in [-0.2, 0) is 4.79 Å². The highest BCUT2D eigenvalue weighted by Crippen LogP contribution is 2.65. The molecule has 0 N–H and O–H groups in total. The molecule has 4 fully saturated rings. The minimum atomic E-state index is 0.391. The second kappa shape index (κ2) is 5.88. The standard InChI is InChI=1S/C22H36O/c1-4-22-12-11-18-17-7-5-14(2)13-16(17)6-8-19(18)21(22)10-9-20(22)15(3)23/h14,16-21H,4-13H2,1-3H3. The fraction of sp³-hybridized carbons (Fsp3) is 0.955. The van der Waals surface area contributed by atoms with Crippen molar-refractivity contribution in [2.24, 2.45) is 46.8 Å². The summed E-state index contributed by atoms with van der Waals surface area (Å²) in [5.41, 5.74) is 0.391. The maximum Gasteiger partial charge on any atom is 0.133 e. The van der Waals surface area contributed by atoms with Gasteiger partial charge in [-0.15, -0.1) is 0 Å². The third kappa shape index (κ3) is 2.35. The van der Waals surface area contributed by atoms with Gasteiger partial charge in [-0.3, -0.25) is 4.79 Å². The van der Waals surface area contributed by atoms with E-state index in [1.54, 1.807) is 0 Å². The molecule has 4 saturated carbocycles. The Bertz CT molecular complexity index is 469. The molecule has 0 aliphatic heterocycles. The van der Waals surface area contributed by atoms with Crippen LogP contribution in [0.25, 0.3) is 0 Å². The average Bonchev–Trinajstić information content (AvgIpc) is 2.94. The van der Waals surface area contributed by atoms with Crippen LogP contribution in [0.15, 0.2) is 0 Å². The van der Waals surface area contributed by atoms with E-state index >= 15 is 0 Å². The van der Waals surface area contributed by atoms with Crippen molar-refractivity contribution in [3.05, 3.63) is 0 Å². The summed E-state index contributed by atoms with van der Waals surface area (Å²) in [5, 5.41) is 0. The van der Waals surface area contributed by atoms with E-state index in [1.807, 2.05) is 6.92 Å². The second-order valence-electron chi connectivity index (χ2n) is 9.72. The molecule has 8 unspecified atom stereocenters. The van der Waals surface area contributed by atoms with Crippen LogP contribution in [0.2, 0.25) is 0 Å². The van der Waals surface area contributed by atoms with Gasteiger partial charge in [0.05, 0.1) is 0 Å². The first-order chi connectivity index (χ1) is 11.1. The van der Waals surface area contributed by atoms with Gasteiger partial charge in [-0.05, 0) is 106 Å². The lowest BCUT2D eigenvalue weighted by Gasteiger charge is -2.57. The Balaban J connectivity index is 1.59. The summed E-state index contributed by atoms with van der Waals surface area (Å²) in [7, 11) is 0. The Labute approximate surface area is 143 Å². The molecule has 0 radical (unpaired) electrons. The molecule has 0 heterocycles. The molecule has 0 amide bonds. The first-order valence-corrected chi connectivity index (χ1v) is 10.6. The minimum Gasteiger partial charge on any atom is -0.300 e. The summed E-state index contributed by atoms with van der Waals surface area (Å²) in [6.45, 7) is 6.72. The maximum absolute atomic E-state index is 12.3. The van der Waals surface area contributed by atoms with E-state index in [-0.39, 0.29) is 0 Å². The lowest BCUT2D eigenvalue weighted by molar-refractivity contribution is -0.130. The van der Waals surface area contributed by atoms with Gasteiger partial charge in [-0.25, -0.2) is 0 Å². The lowest BCUT2D eigenvalue weighted by atomic mass is 9.48. The van der Waals surface area contributed by atoms with E-state index in [9.17, 15) is 4.79 Å². The summed E-state index contributed by atoms with van der Waals surface area (Å²) < 4.78 is 0.